The fourth-order valence-electron chi connectivity index (χ4n) is 2.67. The Labute approximate surface area is 158 Å². The molecule has 1 saturated heterocycles. The molecule has 2 unspecified atom stereocenters. The number of carbonyl (C=O) groups is 3. The fourth-order valence-corrected chi connectivity index (χ4v) is 5.08. The number of nitrogens with zero attached hydrogens (tertiary/aromatic N) is 1. The molecule has 1 aromatic rings. The van der Waals surface area contributed by atoms with E-state index in [4.69, 9.17) is 11.6 Å². The van der Waals surface area contributed by atoms with Crippen LogP contribution in [0, 0.1) is 0 Å². The zero-order valence-electron chi connectivity index (χ0n) is 13.0. The number of carbonyl (C=O) groups excluding carboxylic acids is 2. The first-order chi connectivity index (χ1) is 12.0. The minimum absolute atomic E-state index is 0.0482. The highest BCUT2D eigenvalue weighted by Crippen LogP contribution is 2.40. The Hall–Kier alpha value is -1.64. The Morgan fingerprint density at radius 2 is 2.08 bits per heavy atom. The number of rotatable bonds is 6. The molecule has 0 spiro atoms. The van der Waals surface area contributed by atoms with Crippen molar-refractivity contribution >= 4 is 52.9 Å². The van der Waals surface area contributed by atoms with Crippen LogP contribution in [-0.4, -0.2) is 56.6 Å². The predicted molar refractivity (Wildman–Crippen MR) is 97.6 cm³/mol. The van der Waals surface area contributed by atoms with Gasteiger partial charge in [-0.1, -0.05) is 18.2 Å². The molecule has 2 aliphatic heterocycles. The van der Waals surface area contributed by atoms with Crippen molar-refractivity contribution in [2.24, 2.45) is 0 Å². The van der Waals surface area contributed by atoms with E-state index >= 15 is 0 Å². The summed E-state index contributed by atoms with van der Waals surface area (Å²) in [6, 6.07) is 8.79. The lowest BCUT2D eigenvalue weighted by Gasteiger charge is -2.49. The van der Waals surface area contributed by atoms with Crippen LogP contribution in [0.25, 0.3) is 0 Å². The van der Waals surface area contributed by atoms with E-state index in [1.54, 1.807) is 0 Å². The Bertz CT molecular complexity index is 741. The third kappa shape index (κ3) is 3.65. The van der Waals surface area contributed by atoms with Gasteiger partial charge in [0.1, 0.15) is 17.1 Å². The van der Waals surface area contributed by atoms with Gasteiger partial charge in [0.25, 0.3) is 5.91 Å². The molecule has 3 rings (SSSR count). The molecule has 2 aliphatic rings. The first kappa shape index (κ1) is 18.2. The van der Waals surface area contributed by atoms with Crippen LogP contribution in [0.3, 0.4) is 0 Å². The summed E-state index contributed by atoms with van der Waals surface area (Å²) in [5.41, 5.74) is 0.473. The molecule has 0 radical (unpaired) electrons. The SMILES string of the molecule is O=C(CSc1ccccc1)NC1C(=O)N2C(C(=O)O)=C(CCl)CSC12. The third-order valence-electron chi connectivity index (χ3n) is 3.84. The van der Waals surface area contributed by atoms with Gasteiger partial charge in [-0.05, 0) is 17.7 Å². The maximum Gasteiger partial charge on any atom is 0.352 e. The zero-order chi connectivity index (χ0) is 18.0. The number of benzene rings is 1. The van der Waals surface area contributed by atoms with Crippen molar-refractivity contribution in [2.75, 3.05) is 17.4 Å². The normalized spacial score (nSPS) is 22.3. The minimum atomic E-state index is -1.17. The van der Waals surface area contributed by atoms with Gasteiger partial charge in [-0.2, -0.15) is 0 Å². The molecule has 2 heterocycles. The molecule has 2 N–H and O–H groups in total. The summed E-state index contributed by atoms with van der Waals surface area (Å²) < 4.78 is 0. The highest BCUT2D eigenvalue weighted by Gasteiger charge is 2.53. The molecule has 2 amide bonds. The Morgan fingerprint density at radius 3 is 2.72 bits per heavy atom. The van der Waals surface area contributed by atoms with Crippen LogP contribution in [-0.2, 0) is 14.4 Å². The van der Waals surface area contributed by atoms with Crippen molar-refractivity contribution in [3.63, 3.8) is 0 Å². The molecule has 1 aromatic carbocycles. The molecule has 0 saturated carbocycles. The second kappa shape index (κ2) is 7.72. The number of fused-ring (bicyclic) bond motifs is 1. The van der Waals surface area contributed by atoms with Crippen molar-refractivity contribution in [3.05, 3.63) is 41.6 Å². The maximum atomic E-state index is 12.3. The van der Waals surface area contributed by atoms with Crippen LogP contribution in [0.2, 0.25) is 0 Å². The lowest BCUT2D eigenvalue weighted by molar-refractivity contribution is -0.150. The van der Waals surface area contributed by atoms with Gasteiger partial charge >= 0.3 is 5.97 Å². The van der Waals surface area contributed by atoms with Crippen LogP contribution < -0.4 is 5.32 Å². The summed E-state index contributed by atoms with van der Waals surface area (Å²) in [6.45, 7) is 0. The van der Waals surface area contributed by atoms with Gasteiger partial charge in [-0.25, -0.2) is 4.79 Å². The van der Waals surface area contributed by atoms with E-state index in [2.05, 4.69) is 5.32 Å². The van der Waals surface area contributed by atoms with Gasteiger partial charge in [0.15, 0.2) is 0 Å². The van der Waals surface area contributed by atoms with E-state index in [0.29, 0.717) is 11.3 Å². The summed E-state index contributed by atoms with van der Waals surface area (Å²) in [5, 5.41) is 11.7. The number of carboxylic acid groups (broad SMARTS) is 1. The number of aliphatic carboxylic acids is 1. The molecule has 132 valence electrons. The molecule has 0 bridgehead atoms. The van der Waals surface area contributed by atoms with Crippen LogP contribution in [0.5, 0.6) is 0 Å². The van der Waals surface area contributed by atoms with Gasteiger partial charge < -0.3 is 10.4 Å². The smallest absolute Gasteiger partial charge is 0.352 e. The Kier molecular flexibility index (Phi) is 5.61. The van der Waals surface area contributed by atoms with Crippen molar-refractivity contribution in [1.29, 1.82) is 0 Å². The molecular weight excluding hydrogens is 384 g/mol. The van der Waals surface area contributed by atoms with Crippen LogP contribution >= 0.6 is 35.1 Å². The van der Waals surface area contributed by atoms with E-state index in [1.807, 2.05) is 30.3 Å². The number of hydrogen-bond acceptors (Lipinski definition) is 5. The second-order valence-electron chi connectivity index (χ2n) is 5.45. The molecule has 25 heavy (non-hydrogen) atoms. The van der Waals surface area contributed by atoms with Crippen molar-refractivity contribution in [2.45, 2.75) is 16.3 Å². The number of hydrogen-bond donors (Lipinski definition) is 2. The fraction of sp³-hybridized carbons (Fsp3) is 0.312. The third-order valence-corrected chi connectivity index (χ3v) is 6.52. The summed E-state index contributed by atoms with van der Waals surface area (Å²) in [5.74, 6) is -1.13. The molecule has 0 aliphatic carbocycles. The van der Waals surface area contributed by atoms with Gasteiger partial charge in [0.2, 0.25) is 5.91 Å². The van der Waals surface area contributed by atoms with Crippen molar-refractivity contribution < 1.29 is 19.5 Å². The molecule has 9 heteroatoms. The minimum Gasteiger partial charge on any atom is -0.477 e. The van der Waals surface area contributed by atoms with E-state index in [0.717, 1.165) is 4.90 Å². The van der Waals surface area contributed by atoms with Crippen molar-refractivity contribution in [1.82, 2.24) is 10.2 Å². The largest absolute Gasteiger partial charge is 0.477 e. The molecule has 0 aromatic heterocycles. The number of halogens is 1. The summed E-state index contributed by atoms with van der Waals surface area (Å²) in [4.78, 5) is 38.1. The summed E-state index contributed by atoms with van der Waals surface area (Å²) in [7, 11) is 0. The standard InChI is InChI=1S/C16H15ClN2O4S2/c17-6-9-7-25-15-12(14(21)19(15)13(9)16(22)23)18-11(20)8-24-10-4-2-1-3-5-10/h1-5,12,15H,6-8H2,(H,18,20)(H,22,23). The highest BCUT2D eigenvalue weighted by molar-refractivity contribution is 8.00. The Morgan fingerprint density at radius 1 is 1.36 bits per heavy atom. The molecule has 6 nitrogen and oxygen atoms in total. The lowest BCUT2D eigenvalue weighted by Crippen LogP contribution is -2.70. The molecule has 2 atom stereocenters. The average molecular weight is 399 g/mol. The van der Waals surface area contributed by atoms with E-state index in [-0.39, 0.29) is 23.2 Å². The lowest BCUT2D eigenvalue weighted by atomic mass is 10.0. The maximum absolute atomic E-state index is 12.3. The van der Waals surface area contributed by atoms with Gasteiger partial charge in [0, 0.05) is 16.5 Å². The number of nitrogens with one attached hydrogen (secondary N) is 1. The molecular formula is C16H15ClN2O4S2. The number of β-lactam (4-membered cyclic amide) rings is 1. The number of amides is 2. The topological polar surface area (TPSA) is 86.7 Å². The van der Waals surface area contributed by atoms with Gasteiger partial charge in [0.05, 0.1) is 5.75 Å². The number of alkyl halides is 1. The van der Waals surface area contributed by atoms with Crippen LogP contribution in [0.1, 0.15) is 0 Å². The quantitative estimate of drug-likeness (QED) is 0.431. The number of carboxylic acids is 1. The number of thioether (sulfide) groups is 2. The summed E-state index contributed by atoms with van der Waals surface area (Å²) >= 11 is 8.57. The highest BCUT2D eigenvalue weighted by atomic mass is 35.5. The van der Waals surface area contributed by atoms with E-state index < -0.39 is 23.3 Å². The van der Waals surface area contributed by atoms with E-state index in [1.165, 1.54) is 28.4 Å². The first-order valence-electron chi connectivity index (χ1n) is 7.46. The van der Waals surface area contributed by atoms with E-state index in [9.17, 15) is 19.5 Å². The van der Waals surface area contributed by atoms with Crippen molar-refractivity contribution in [3.8, 4) is 0 Å². The Balaban J connectivity index is 1.61. The molecule has 1 fully saturated rings. The summed E-state index contributed by atoms with van der Waals surface area (Å²) in [6.07, 6.45) is 0. The zero-order valence-corrected chi connectivity index (χ0v) is 15.4. The monoisotopic (exact) mass is 398 g/mol. The first-order valence-corrected chi connectivity index (χ1v) is 10.0. The average Bonchev–Trinajstić information content (AvgIpc) is 2.63. The van der Waals surface area contributed by atoms with Crippen LogP contribution in [0.15, 0.2) is 46.5 Å². The predicted octanol–water partition coefficient (Wildman–Crippen LogP) is 1.76. The van der Waals surface area contributed by atoms with Crippen LogP contribution in [0.4, 0.5) is 0 Å². The van der Waals surface area contributed by atoms with Gasteiger partial charge in [-0.3, -0.25) is 14.5 Å². The second-order valence-corrected chi connectivity index (χ2v) is 7.87. The van der Waals surface area contributed by atoms with Gasteiger partial charge in [-0.15, -0.1) is 35.1 Å².